The summed E-state index contributed by atoms with van der Waals surface area (Å²) in [7, 11) is 4.21. The molecule has 1 aliphatic heterocycles. The zero-order valence-electron chi connectivity index (χ0n) is 10.0. The first-order chi connectivity index (χ1) is 7.75. The fourth-order valence-corrected chi connectivity index (χ4v) is 2.90. The highest BCUT2D eigenvalue weighted by Gasteiger charge is 2.15. The lowest BCUT2D eigenvalue weighted by Gasteiger charge is -2.27. The van der Waals surface area contributed by atoms with Gasteiger partial charge in [-0.1, -0.05) is 0 Å². The molecule has 0 bridgehead atoms. The Morgan fingerprint density at radius 3 is 3.19 bits per heavy atom. The first-order valence-electron chi connectivity index (χ1n) is 5.71. The van der Waals surface area contributed by atoms with Crippen LogP contribution < -0.4 is 5.32 Å². The minimum Gasteiger partial charge on any atom is -0.337 e. The summed E-state index contributed by atoms with van der Waals surface area (Å²) >= 11 is 2.05. The van der Waals surface area contributed by atoms with Crippen LogP contribution in [0.4, 0.5) is 0 Å². The number of nitrogens with one attached hydrogen (secondary N) is 1. The third kappa shape index (κ3) is 3.23. The van der Waals surface area contributed by atoms with Crippen molar-refractivity contribution in [2.75, 3.05) is 31.6 Å². The van der Waals surface area contributed by atoms with Gasteiger partial charge in [-0.05, 0) is 7.05 Å². The van der Waals surface area contributed by atoms with Gasteiger partial charge in [0.2, 0.25) is 0 Å². The van der Waals surface area contributed by atoms with E-state index in [0.717, 1.165) is 25.5 Å². The molecule has 0 saturated carbocycles. The molecule has 1 aromatic rings. The zero-order valence-corrected chi connectivity index (χ0v) is 10.8. The molecule has 1 aliphatic rings. The zero-order chi connectivity index (χ0) is 11.4. The van der Waals surface area contributed by atoms with Gasteiger partial charge in [0.15, 0.2) is 0 Å². The van der Waals surface area contributed by atoms with E-state index in [2.05, 4.69) is 26.8 Å². The van der Waals surface area contributed by atoms with E-state index in [-0.39, 0.29) is 0 Å². The third-order valence-electron chi connectivity index (χ3n) is 2.86. The van der Waals surface area contributed by atoms with E-state index in [1.54, 1.807) is 0 Å². The number of hydrogen-bond acceptors (Lipinski definition) is 4. The molecule has 1 aromatic heterocycles. The molecule has 2 heterocycles. The Labute approximate surface area is 101 Å². The summed E-state index contributed by atoms with van der Waals surface area (Å²) in [6, 6.07) is 0.629. The Kier molecular flexibility index (Phi) is 4.26. The molecule has 4 nitrogen and oxygen atoms in total. The number of hydrogen-bond donors (Lipinski definition) is 1. The van der Waals surface area contributed by atoms with Gasteiger partial charge in [0, 0.05) is 50.1 Å². The molecule has 1 unspecified atom stereocenters. The molecule has 1 saturated heterocycles. The quantitative estimate of drug-likeness (QED) is 0.833. The summed E-state index contributed by atoms with van der Waals surface area (Å²) in [5, 5.41) is 3.55. The monoisotopic (exact) mass is 240 g/mol. The molecule has 2 rings (SSSR count). The van der Waals surface area contributed by atoms with Crippen LogP contribution in [-0.2, 0) is 13.6 Å². The Morgan fingerprint density at radius 2 is 2.56 bits per heavy atom. The molecule has 1 fully saturated rings. The van der Waals surface area contributed by atoms with Crippen molar-refractivity contribution < 1.29 is 0 Å². The van der Waals surface area contributed by atoms with Gasteiger partial charge >= 0.3 is 0 Å². The van der Waals surface area contributed by atoms with Crippen LogP contribution in [0.2, 0.25) is 0 Å². The molecule has 90 valence electrons. The maximum atomic E-state index is 4.34. The molecule has 5 heteroatoms. The summed E-state index contributed by atoms with van der Waals surface area (Å²) in [6.07, 6.45) is 3.86. The predicted molar refractivity (Wildman–Crippen MR) is 68.7 cm³/mol. The lowest BCUT2D eigenvalue weighted by atomic mass is 10.3. The van der Waals surface area contributed by atoms with Crippen LogP contribution in [0.1, 0.15) is 5.82 Å². The normalized spacial score (nSPS) is 21.6. The number of imidazole rings is 1. The smallest absolute Gasteiger partial charge is 0.122 e. The first kappa shape index (κ1) is 12.0. The molecule has 16 heavy (non-hydrogen) atoms. The van der Waals surface area contributed by atoms with E-state index in [9.17, 15) is 0 Å². The van der Waals surface area contributed by atoms with Gasteiger partial charge < -0.3 is 9.88 Å². The third-order valence-corrected chi connectivity index (χ3v) is 3.99. The number of nitrogens with zero attached hydrogens (tertiary/aromatic N) is 3. The molecule has 0 spiro atoms. The number of likely N-dealkylation sites (N-methyl/N-ethyl adjacent to an activating group) is 1. The van der Waals surface area contributed by atoms with Crippen molar-refractivity contribution >= 4 is 11.8 Å². The molecule has 0 amide bonds. The van der Waals surface area contributed by atoms with Crippen LogP contribution in [0.3, 0.4) is 0 Å². The number of aromatic nitrogens is 2. The van der Waals surface area contributed by atoms with Gasteiger partial charge in [-0.2, -0.15) is 11.8 Å². The molecule has 0 aliphatic carbocycles. The second kappa shape index (κ2) is 5.70. The molecule has 0 radical (unpaired) electrons. The molecule has 0 aromatic carbocycles. The van der Waals surface area contributed by atoms with E-state index in [1.165, 1.54) is 11.5 Å². The van der Waals surface area contributed by atoms with Crippen molar-refractivity contribution in [1.82, 2.24) is 19.8 Å². The van der Waals surface area contributed by atoms with Crippen molar-refractivity contribution in [2.24, 2.45) is 7.05 Å². The molecule has 1 N–H and O–H groups in total. The Morgan fingerprint density at radius 1 is 1.69 bits per heavy atom. The van der Waals surface area contributed by atoms with Crippen molar-refractivity contribution in [3.05, 3.63) is 18.2 Å². The lowest BCUT2D eigenvalue weighted by molar-refractivity contribution is 0.283. The average Bonchev–Trinajstić information content (AvgIpc) is 2.66. The number of thioether (sulfide) groups is 1. The standard InChI is InChI=1S/C11H20N4S/c1-14(7-10-9-16-6-4-12-10)8-11-13-3-5-15(11)2/h3,5,10,12H,4,6-9H2,1-2H3. The SMILES string of the molecule is CN(Cc1nccn1C)CC1CSCCN1. The minimum absolute atomic E-state index is 0.629. The number of rotatable bonds is 4. The van der Waals surface area contributed by atoms with Gasteiger partial charge in [0.25, 0.3) is 0 Å². The van der Waals surface area contributed by atoms with Gasteiger partial charge in [-0.3, -0.25) is 4.90 Å². The number of aryl methyl sites for hydroxylation is 1. The second-order valence-corrected chi connectivity index (χ2v) is 5.53. The van der Waals surface area contributed by atoms with Crippen LogP contribution >= 0.6 is 11.8 Å². The van der Waals surface area contributed by atoms with Crippen molar-refractivity contribution in [3.8, 4) is 0 Å². The van der Waals surface area contributed by atoms with Gasteiger partial charge in [0.1, 0.15) is 5.82 Å². The van der Waals surface area contributed by atoms with E-state index in [0.29, 0.717) is 6.04 Å². The molecular weight excluding hydrogens is 220 g/mol. The average molecular weight is 240 g/mol. The first-order valence-corrected chi connectivity index (χ1v) is 6.87. The van der Waals surface area contributed by atoms with E-state index < -0.39 is 0 Å². The van der Waals surface area contributed by atoms with E-state index >= 15 is 0 Å². The highest BCUT2D eigenvalue weighted by atomic mass is 32.2. The van der Waals surface area contributed by atoms with Gasteiger partial charge in [0.05, 0.1) is 6.54 Å². The van der Waals surface area contributed by atoms with Crippen LogP contribution in [0, 0.1) is 0 Å². The molecular formula is C11H20N4S. The largest absolute Gasteiger partial charge is 0.337 e. The predicted octanol–water partition coefficient (Wildman–Crippen LogP) is 0.557. The fraction of sp³-hybridized carbons (Fsp3) is 0.727. The van der Waals surface area contributed by atoms with Gasteiger partial charge in [-0.25, -0.2) is 4.98 Å². The highest BCUT2D eigenvalue weighted by molar-refractivity contribution is 7.99. The summed E-state index contributed by atoms with van der Waals surface area (Å²) < 4.78 is 2.08. The Bertz CT molecular complexity index is 320. The Hall–Kier alpha value is -0.520. The summed E-state index contributed by atoms with van der Waals surface area (Å²) in [4.78, 5) is 6.68. The van der Waals surface area contributed by atoms with Crippen molar-refractivity contribution in [3.63, 3.8) is 0 Å². The summed E-state index contributed by atoms with van der Waals surface area (Å²) in [5.41, 5.74) is 0. The summed E-state index contributed by atoms with van der Waals surface area (Å²) in [6.45, 7) is 3.16. The maximum absolute atomic E-state index is 4.34. The lowest BCUT2D eigenvalue weighted by Crippen LogP contribution is -2.44. The maximum Gasteiger partial charge on any atom is 0.122 e. The van der Waals surface area contributed by atoms with Gasteiger partial charge in [-0.15, -0.1) is 0 Å². The van der Waals surface area contributed by atoms with Crippen LogP contribution in [0.25, 0.3) is 0 Å². The van der Waals surface area contributed by atoms with Crippen LogP contribution in [-0.4, -0.2) is 52.1 Å². The second-order valence-electron chi connectivity index (χ2n) is 4.38. The van der Waals surface area contributed by atoms with E-state index in [4.69, 9.17) is 0 Å². The fourth-order valence-electron chi connectivity index (χ4n) is 1.97. The summed E-state index contributed by atoms with van der Waals surface area (Å²) in [5.74, 6) is 3.61. The topological polar surface area (TPSA) is 33.1 Å². The minimum atomic E-state index is 0.629. The Balaban J connectivity index is 1.79. The van der Waals surface area contributed by atoms with Crippen molar-refractivity contribution in [1.29, 1.82) is 0 Å². The van der Waals surface area contributed by atoms with E-state index in [1.807, 2.05) is 31.2 Å². The highest BCUT2D eigenvalue weighted by Crippen LogP contribution is 2.09. The van der Waals surface area contributed by atoms with Crippen LogP contribution in [0.15, 0.2) is 12.4 Å². The van der Waals surface area contributed by atoms with Crippen molar-refractivity contribution in [2.45, 2.75) is 12.6 Å². The molecule has 1 atom stereocenters. The van der Waals surface area contributed by atoms with Crippen LogP contribution in [0.5, 0.6) is 0 Å².